The lowest BCUT2D eigenvalue weighted by atomic mass is 10.1. The average molecular weight is 340 g/mol. The Bertz CT molecular complexity index is 933. The molecule has 0 saturated heterocycles. The number of rotatable bonds is 5. The van der Waals surface area contributed by atoms with Gasteiger partial charge in [0.25, 0.3) is 0 Å². The molecule has 0 saturated carbocycles. The van der Waals surface area contributed by atoms with Crippen LogP contribution in [0.1, 0.15) is 18.4 Å². The number of hydrogen-bond donors (Lipinski definition) is 2. The molecule has 5 nitrogen and oxygen atoms in total. The molecule has 0 bridgehead atoms. The van der Waals surface area contributed by atoms with Gasteiger partial charge in [-0.25, -0.2) is 9.37 Å². The number of nitrogens with two attached hydrogens (primary N) is 1. The summed E-state index contributed by atoms with van der Waals surface area (Å²) in [7, 11) is 1.89. The minimum atomic E-state index is -0.311. The van der Waals surface area contributed by atoms with Gasteiger partial charge in [-0.15, -0.1) is 0 Å². The van der Waals surface area contributed by atoms with Crippen LogP contribution < -0.4 is 11.1 Å². The van der Waals surface area contributed by atoms with Gasteiger partial charge in [0, 0.05) is 30.8 Å². The molecule has 6 heteroatoms. The molecular weight excluding hydrogens is 319 g/mol. The molecule has 1 amide bonds. The topological polar surface area (TPSA) is 72.9 Å². The summed E-state index contributed by atoms with van der Waals surface area (Å²) in [6, 6.07) is 10.3. The van der Waals surface area contributed by atoms with Crippen molar-refractivity contribution in [1.29, 1.82) is 0 Å². The number of aryl methyl sites for hydroxylation is 2. The quantitative estimate of drug-likeness (QED) is 0.748. The molecule has 130 valence electrons. The van der Waals surface area contributed by atoms with Crippen LogP contribution in [-0.4, -0.2) is 22.0 Å². The van der Waals surface area contributed by atoms with Gasteiger partial charge < -0.3 is 15.6 Å². The fourth-order valence-corrected chi connectivity index (χ4v) is 2.80. The van der Waals surface area contributed by atoms with Crippen molar-refractivity contribution in [2.75, 3.05) is 11.9 Å². The van der Waals surface area contributed by atoms with Crippen molar-refractivity contribution in [3.63, 3.8) is 0 Å². The Hall–Kier alpha value is -2.73. The van der Waals surface area contributed by atoms with E-state index in [1.807, 2.05) is 36.7 Å². The van der Waals surface area contributed by atoms with Gasteiger partial charge in [-0.2, -0.15) is 0 Å². The van der Waals surface area contributed by atoms with Gasteiger partial charge in [-0.1, -0.05) is 12.1 Å². The highest BCUT2D eigenvalue weighted by Gasteiger charge is 2.13. The van der Waals surface area contributed by atoms with E-state index in [9.17, 15) is 9.18 Å². The number of hydrogen-bond acceptors (Lipinski definition) is 3. The first-order valence-corrected chi connectivity index (χ1v) is 8.22. The molecule has 0 radical (unpaired) electrons. The highest BCUT2D eigenvalue weighted by Crippen LogP contribution is 2.28. The third-order valence-electron chi connectivity index (χ3n) is 4.22. The minimum absolute atomic E-state index is 0.0576. The molecule has 1 heterocycles. The van der Waals surface area contributed by atoms with Gasteiger partial charge in [0.15, 0.2) is 0 Å². The van der Waals surface area contributed by atoms with Gasteiger partial charge in [-0.3, -0.25) is 4.79 Å². The standard InChI is InChI=1S/C19H21FN4O/c1-12-5-6-13(10-15(12)22-18(25)4-3-9-21)19-23-16-11-14(20)7-8-17(16)24(19)2/h5-8,10-11H,3-4,9,21H2,1-2H3,(H,22,25). The van der Waals surface area contributed by atoms with Crippen molar-refractivity contribution in [2.24, 2.45) is 12.8 Å². The van der Waals surface area contributed by atoms with E-state index in [-0.39, 0.29) is 11.7 Å². The Kier molecular flexibility index (Phi) is 4.81. The summed E-state index contributed by atoms with van der Waals surface area (Å²) in [6.07, 6.45) is 1.05. The van der Waals surface area contributed by atoms with Gasteiger partial charge in [-0.05, 0) is 43.7 Å². The Morgan fingerprint density at radius 3 is 2.84 bits per heavy atom. The predicted molar refractivity (Wildman–Crippen MR) is 97.8 cm³/mol. The third-order valence-corrected chi connectivity index (χ3v) is 4.22. The second-order valence-corrected chi connectivity index (χ2v) is 6.10. The second kappa shape index (κ2) is 7.03. The van der Waals surface area contributed by atoms with Gasteiger partial charge >= 0.3 is 0 Å². The number of carbonyl (C=O) groups is 1. The number of benzene rings is 2. The van der Waals surface area contributed by atoms with Crippen LogP contribution in [0.25, 0.3) is 22.4 Å². The van der Waals surface area contributed by atoms with Crippen LogP contribution in [0.5, 0.6) is 0 Å². The van der Waals surface area contributed by atoms with E-state index in [0.29, 0.717) is 24.9 Å². The lowest BCUT2D eigenvalue weighted by Gasteiger charge is -2.11. The van der Waals surface area contributed by atoms with E-state index in [0.717, 1.165) is 28.2 Å². The molecular formula is C19H21FN4O. The van der Waals surface area contributed by atoms with Crippen molar-refractivity contribution in [1.82, 2.24) is 9.55 Å². The first-order chi connectivity index (χ1) is 12.0. The summed E-state index contributed by atoms with van der Waals surface area (Å²) in [5.41, 5.74) is 9.48. The monoisotopic (exact) mass is 340 g/mol. The molecule has 25 heavy (non-hydrogen) atoms. The molecule has 0 atom stereocenters. The van der Waals surface area contributed by atoms with Crippen molar-refractivity contribution in [3.05, 3.63) is 47.8 Å². The summed E-state index contributed by atoms with van der Waals surface area (Å²) in [5.74, 6) is 0.352. The van der Waals surface area contributed by atoms with E-state index >= 15 is 0 Å². The van der Waals surface area contributed by atoms with Crippen molar-refractivity contribution in [2.45, 2.75) is 19.8 Å². The largest absolute Gasteiger partial charge is 0.330 e. The van der Waals surface area contributed by atoms with Crippen LogP contribution in [-0.2, 0) is 11.8 Å². The molecule has 0 fully saturated rings. The van der Waals surface area contributed by atoms with Crippen LogP contribution in [0.2, 0.25) is 0 Å². The van der Waals surface area contributed by atoms with Crippen molar-refractivity contribution >= 4 is 22.6 Å². The SMILES string of the molecule is Cc1ccc(-c2nc3cc(F)ccc3n2C)cc1NC(=O)CCCN. The lowest BCUT2D eigenvalue weighted by Crippen LogP contribution is -2.14. The number of imidazole rings is 1. The molecule has 0 aliphatic carbocycles. The fraction of sp³-hybridized carbons (Fsp3) is 0.263. The highest BCUT2D eigenvalue weighted by atomic mass is 19.1. The lowest BCUT2D eigenvalue weighted by molar-refractivity contribution is -0.116. The summed E-state index contributed by atoms with van der Waals surface area (Å²) in [5, 5.41) is 2.93. The normalized spacial score (nSPS) is 11.0. The smallest absolute Gasteiger partial charge is 0.224 e. The van der Waals surface area contributed by atoms with Crippen LogP contribution in [0.15, 0.2) is 36.4 Å². The summed E-state index contributed by atoms with van der Waals surface area (Å²) >= 11 is 0. The van der Waals surface area contributed by atoms with Crippen LogP contribution in [0.4, 0.5) is 10.1 Å². The zero-order valence-corrected chi connectivity index (χ0v) is 14.3. The first-order valence-electron chi connectivity index (χ1n) is 8.22. The van der Waals surface area contributed by atoms with Crippen molar-refractivity contribution < 1.29 is 9.18 Å². The summed E-state index contributed by atoms with van der Waals surface area (Å²) < 4.78 is 15.4. The third kappa shape index (κ3) is 3.53. The second-order valence-electron chi connectivity index (χ2n) is 6.10. The van der Waals surface area contributed by atoms with Gasteiger partial charge in [0.1, 0.15) is 11.6 Å². The van der Waals surface area contributed by atoms with E-state index in [2.05, 4.69) is 10.3 Å². The summed E-state index contributed by atoms with van der Waals surface area (Å²) in [4.78, 5) is 16.5. The van der Waals surface area contributed by atoms with Crippen LogP contribution in [0.3, 0.4) is 0 Å². The number of anilines is 1. The number of nitrogens with one attached hydrogen (secondary N) is 1. The van der Waals surface area contributed by atoms with E-state index in [1.165, 1.54) is 12.1 Å². The molecule has 0 aliphatic heterocycles. The van der Waals surface area contributed by atoms with Gasteiger partial charge in [0.05, 0.1) is 11.0 Å². The maximum absolute atomic E-state index is 13.4. The molecule has 3 N–H and O–H groups in total. The van der Waals surface area contributed by atoms with E-state index < -0.39 is 0 Å². The average Bonchev–Trinajstić information content (AvgIpc) is 2.91. The van der Waals surface area contributed by atoms with Crippen molar-refractivity contribution in [3.8, 4) is 11.4 Å². The number of fused-ring (bicyclic) bond motifs is 1. The van der Waals surface area contributed by atoms with E-state index in [4.69, 9.17) is 5.73 Å². The molecule has 0 unspecified atom stereocenters. The number of halogens is 1. The maximum atomic E-state index is 13.4. The number of aromatic nitrogens is 2. The van der Waals surface area contributed by atoms with Crippen LogP contribution in [0, 0.1) is 12.7 Å². The Morgan fingerprint density at radius 1 is 1.28 bits per heavy atom. The molecule has 0 spiro atoms. The number of amides is 1. The maximum Gasteiger partial charge on any atom is 0.224 e. The molecule has 1 aromatic heterocycles. The first kappa shape index (κ1) is 17.1. The Morgan fingerprint density at radius 2 is 2.08 bits per heavy atom. The molecule has 0 aliphatic rings. The minimum Gasteiger partial charge on any atom is -0.330 e. The fourth-order valence-electron chi connectivity index (χ4n) is 2.80. The van der Waals surface area contributed by atoms with Gasteiger partial charge in [0.2, 0.25) is 5.91 Å². The van der Waals surface area contributed by atoms with E-state index in [1.54, 1.807) is 6.07 Å². The Balaban J connectivity index is 1.97. The molecule has 2 aromatic carbocycles. The van der Waals surface area contributed by atoms with Crippen LogP contribution >= 0.6 is 0 Å². The molecule has 3 rings (SSSR count). The highest BCUT2D eigenvalue weighted by molar-refractivity contribution is 5.92. The molecule has 3 aromatic rings. The zero-order valence-electron chi connectivity index (χ0n) is 14.3. The predicted octanol–water partition coefficient (Wildman–Crippen LogP) is 3.37. The zero-order chi connectivity index (χ0) is 18.0. The number of carbonyl (C=O) groups excluding carboxylic acids is 1. The Labute approximate surface area is 145 Å². The summed E-state index contributed by atoms with van der Waals surface area (Å²) in [6.45, 7) is 2.43. The number of nitrogens with zero attached hydrogens (tertiary/aromatic N) is 2.